The lowest BCUT2D eigenvalue weighted by Gasteiger charge is -1.90. The van der Waals surface area contributed by atoms with E-state index in [1.807, 2.05) is 23.6 Å². The Morgan fingerprint density at radius 1 is 1.67 bits per heavy atom. The lowest BCUT2D eigenvalue weighted by Crippen LogP contribution is -1.78. The van der Waals surface area contributed by atoms with E-state index in [0.29, 0.717) is 6.42 Å². The fourth-order valence-corrected chi connectivity index (χ4v) is 1.59. The van der Waals surface area contributed by atoms with Crippen LogP contribution in [0.25, 0.3) is 6.08 Å². The van der Waals surface area contributed by atoms with Gasteiger partial charge in [-0.25, -0.2) is 0 Å². The third-order valence-corrected chi connectivity index (χ3v) is 2.35. The molecule has 3 heteroatoms. The number of thiophene rings is 1. The summed E-state index contributed by atoms with van der Waals surface area (Å²) in [6.45, 7) is 0.0733. The van der Waals surface area contributed by atoms with Crippen molar-refractivity contribution in [3.8, 4) is 6.07 Å². The van der Waals surface area contributed by atoms with Crippen molar-refractivity contribution in [3.05, 3.63) is 28.0 Å². The topological polar surface area (TPSA) is 44.0 Å². The van der Waals surface area contributed by atoms with Crippen molar-refractivity contribution in [1.82, 2.24) is 0 Å². The van der Waals surface area contributed by atoms with E-state index >= 15 is 0 Å². The van der Waals surface area contributed by atoms with Gasteiger partial charge in [0.2, 0.25) is 0 Å². The number of aliphatic hydroxyl groups excluding tert-OH is 1. The number of aliphatic hydroxyl groups is 1. The molecule has 0 bridgehead atoms. The Morgan fingerprint density at radius 3 is 3.17 bits per heavy atom. The van der Waals surface area contributed by atoms with E-state index in [1.165, 1.54) is 11.3 Å². The third-order valence-electron chi connectivity index (χ3n) is 1.43. The number of rotatable bonds is 3. The molecular formula is C9H9NOS. The first kappa shape index (κ1) is 8.98. The molecule has 1 aromatic rings. The summed E-state index contributed by atoms with van der Waals surface area (Å²) in [5, 5.41) is 19.1. The smallest absolute Gasteiger partial charge is 0.0780 e. The zero-order valence-electron chi connectivity index (χ0n) is 6.53. The lowest BCUT2D eigenvalue weighted by molar-refractivity contribution is 0.285. The number of hydrogen-bond donors (Lipinski definition) is 1. The molecule has 0 aromatic carbocycles. The summed E-state index contributed by atoms with van der Waals surface area (Å²) in [6, 6.07) is 3.96. The van der Waals surface area contributed by atoms with Gasteiger partial charge in [0, 0.05) is 4.88 Å². The summed E-state index contributed by atoms with van der Waals surface area (Å²) < 4.78 is 0. The Hall–Kier alpha value is -1.11. The molecule has 62 valence electrons. The highest BCUT2D eigenvalue weighted by atomic mass is 32.1. The minimum Gasteiger partial charge on any atom is -0.391 e. The van der Waals surface area contributed by atoms with Crippen LogP contribution in [0.15, 0.2) is 17.5 Å². The first-order valence-corrected chi connectivity index (χ1v) is 4.47. The predicted molar refractivity (Wildman–Crippen MR) is 49.5 cm³/mol. The van der Waals surface area contributed by atoms with Gasteiger partial charge in [-0.15, -0.1) is 11.3 Å². The van der Waals surface area contributed by atoms with Crippen LogP contribution in [0.4, 0.5) is 0 Å². The summed E-state index contributed by atoms with van der Waals surface area (Å²) in [5.41, 5.74) is 1.01. The van der Waals surface area contributed by atoms with E-state index in [0.717, 1.165) is 10.4 Å². The van der Waals surface area contributed by atoms with E-state index < -0.39 is 0 Å². The second-order valence-corrected chi connectivity index (χ2v) is 3.22. The van der Waals surface area contributed by atoms with Gasteiger partial charge in [0.1, 0.15) is 0 Å². The highest BCUT2D eigenvalue weighted by Crippen LogP contribution is 2.17. The Kier molecular flexibility index (Phi) is 3.52. The van der Waals surface area contributed by atoms with Crippen molar-refractivity contribution in [1.29, 1.82) is 5.26 Å². The zero-order chi connectivity index (χ0) is 8.81. The van der Waals surface area contributed by atoms with Gasteiger partial charge in [0.15, 0.2) is 0 Å². The number of hydrogen-bond acceptors (Lipinski definition) is 3. The second-order valence-electron chi connectivity index (χ2n) is 2.22. The Bertz CT molecular complexity index is 309. The van der Waals surface area contributed by atoms with Crippen molar-refractivity contribution in [2.75, 3.05) is 0 Å². The van der Waals surface area contributed by atoms with Gasteiger partial charge in [-0.05, 0) is 17.0 Å². The monoisotopic (exact) mass is 179 g/mol. The number of nitrogens with zero attached hydrogens (tertiary/aromatic N) is 1. The Balaban J connectivity index is 2.69. The molecule has 0 amide bonds. The minimum absolute atomic E-state index is 0.0733. The fourth-order valence-electron chi connectivity index (χ4n) is 0.866. The maximum atomic E-state index is 8.88. The molecule has 0 fully saturated rings. The second kappa shape index (κ2) is 4.70. The van der Waals surface area contributed by atoms with Crippen LogP contribution in [0.2, 0.25) is 0 Å². The molecule has 0 unspecified atom stereocenters. The van der Waals surface area contributed by atoms with Gasteiger partial charge in [-0.2, -0.15) is 5.26 Å². The summed E-state index contributed by atoms with van der Waals surface area (Å²) in [7, 11) is 0. The number of nitriles is 1. The molecule has 0 spiro atoms. The zero-order valence-corrected chi connectivity index (χ0v) is 7.34. The molecule has 1 heterocycles. The van der Waals surface area contributed by atoms with Gasteiger partial charge in [-0.3, -0.25) is 0 Å². The molecule has 12 heavy (non-hydrogen) atoms. The van der Waals surface area contributed by atoms with Crippen LogP contribution >= 0.6 is 11.3 Å². The van der Waals surface area contributed by atoms with Crippen LogP contribution in [0, 0.1) is 11.3 Å². The Morgan fingerprint density at radius 2 is 2.50 bits per heavy atom. The molecular weight excluding hydrogens is 170 g/mol. The first-order valence-electron chi connectivity index (χ1n) is 3.59. The third kappa shape index (κ3) is 2.19. The van der Waals surface area contributed by atoms with E-state index in [4.69, 9.17) is 10.4 Å². The molecule has 0 aliphatic heterocycles. The molecule has 1 aromatic heterocycles. The van der Waals surface area contributed by atoms with Crippen molar-refractivity contribution < 1.29 is 5.11 Å². The predicted octanol–water partition coefficient (Wildman–Crippen LogP) is 2.17. The molecule has 1 rings (SSSR count). The van der Waals surface area contributed by atoms with Gasteiger partial charge < -0.3 is 5.11 Å². The van der Waals surface area contributed by atoms with Gasteiger partial charge in [-0.1, -0.05) is 12.2 Å². The van der Waals surface area contributed by atoms with Gasteiger partial charge >= 0.3 is 0 Å². The Labute approximate surface area is 75.4 Å². The van der Waals surface area contributed by atoms with E-state index in [1.54, 1.807) is 6.08 Å². The van der Waals surface area contributed by atoms with Crippen molar-refractivity contribution in [2.24, 2.45) is 0 Å². The standard InChI is InChI=1S/C9H9NOS/c10-5-2-1-3-8-4-6-12-9(8)7-11/h1,3-4,6,11H,2,7H2. The molecule has 0 saturated carbocycles. The molecule has 0 aliphatic rings. The average molecular weight is 179 g/mol. The number of allylic oxidation sites excluding steroid dienone is 1. The van der Waals surface area contributed by atoms with Crippen molar-refractivity contribution in [2.45, 2.75) is 13.0 Å². The normalized spacial score (nSPS) is 10.3. The van der Waals surface area contributed by atoms with Crippen LogP contribution in [0.3, 0.4) is 0 Å². The van der Waals surface area contributed by atoms with E-state index in [2.05, 4.69) is 0 Å². The highest BCUT2D eigenvalue weighted by Gasteiger charge is 1.97. The molecule has 2 nitrogen and oxygen atoms in total. The van der Waals surface area contributed by atoms with Crippen LogP contribution in [-0.2, 0) is 6.61 Å². The molecule has 0 radical (unpaired) electrons. The van der Waals surface area contributed by atoms with Gasteiger partial charge in [0.05, 0.1) is 19.1 Å². The fraction of sp³-hybridized carbons (Fsp3) is 0.222. The average Bonchev–Trinajstić information content (AvgIpc) is 2.52. The van der Waals surface area contributed by atoms with Crippen LogP contribution in [-0.4, -0.2) is 5.11 Å². The summed E-state index contributed by atoms with van der Waals surface area (Å²) in [4.78, 5) is 0.948. The molecule has 0 aliphatic carbocycles. The lowest BCUT2D eigenvalue weighted by atomic mass is 10.2. The summed E-state index contributed by atoms with van der Waals surface area (Å²) >= 11 is 1.52. The van der Waals surface area contributed by atoms with Crippen LogP contribution in [0.1, 0.15) is 16.9 Å². The minimum atomic E-state index is 0.0733. The highest BCUT2D eigenvalue weighted by molar-refractivity contribution is 7.10. The van der Waals surface area contributed by atoms with Crippen LogP contribution < -0.4 is 0 Å². The van der Waals surface area contributed by atoms with Crippen molar-refractivity contribution >= 4 is 17.4 Å². The van der Waals surface area contributed by atoms with E-state index in [9.17, 15) is 0 Å². The SMILES string of the molecule is N#CCC=Cc1ccsc1CO. The molecule has 0 atom stereocenters. The van der Waals surface area contributed by atoms with Crippen molar-refractivity contribution in [3.63, 3.8) is 0 Å². The van der Waals surface area contributed by atoms with E-state index in [-0.39, 0.29) is 6.61 Å². The quantitative estimate of drug-likeness (QED) is 0.772. The van der Waals surface area contributed by atoms with Crippen LogP contribution in [0.5, 0.6) is 0 Å². The largest absolute Gasteiger partial charge is 0.391 e. The summed E-state index contributed by atoms with van der Waals surface area (Å²) in [6.07, 6.45) is 4.08. The first-order chi connectivity index (χ1) is 5.88. The molecule has 0 saturated heterocycles. The maximum Gasteiger partial charge on any atom is 0.0780 e. The maximum absolute atomic E-state index is 8.88. The molecule has 1 N–H and O–H groups in total. The summed E-state index contributed by atoms with van der Waals surface area (Å²) in [5.74, 6) is 0. The van der Waals surface area contributed by atoms with Gasteiger partial charge in [0.25, 0.3) is 0 Å².